The van der Waals surface area contributed by atoms with Crippen molar-refractivity contribution in [3.05, 3.63) is 11.8 Å². The van der Waals surface area contributed by atoms with Crippen LogP contribution < -0.4 is 0 Å². The summed E-state index contributed by atoms with van der Waals surface area (Å²) in [5.41, 5.74) is -0.126. The van der Waals surface area contributed by atoms with Gasteiger partial charge in [0, 0.05) is 24.5 Å². The van der Waals surface area contributed by atoms with Gasteiger partial charge in [0.2, 0.25) is 11.8 Å². The van der Waals surface area contributed by atoms with Gasteiger partial charge in [-0.05, 0) is 20.5 Å². The molecule has 0 aromatic carbocycles. The third kappa shape index (κ3) is 3.77. The van der Waals surface area contributed by atoms with Crippen LogP contribution in [-0.4, -0.2) is 64.4 Å². The molecule has 1 fully saturated rings. The number of aliphatic hydroxyl groups is 1. The fraction of sp³-hybridized carbons (Fsp3) is 0.857. The largest absolute Gasteiger partial charge is 0.423 e. The average molecular weight is 282 g/mol. The van der Waals surface area contributed by atoms with Crippen LogP contribution in [0, 0.1) is 0 Å². The van der Waals surface area contributed by atoms with Gasteiger partial charge in [-0.15, -0.1) is 10.2 Å². The summed E-state index contributed by atoms with van der Waals surface area (Å²) in [5.74, 6) is 1.30. The predicted octanol–water partition coefficient (Wildman–Crippen LogP) is 0.864. The highest BCUT2D eigenvalue weighted by atomic mass is 16.4. The lowest BCUT2D eigenvalue weighted by Gasteiger charge is -2.25. The number of nitrogens with zero attached hydrogens (tertiary/aromatic N) is 4. The molecule has 2 rings (SSSR count). The summed E-state index contributed by atoms with van der Waals surface area (Å²) in [7, 11) is 4.10. The first-order valence-corrected chi connectivity index (χ1v) is 7.15. The molecule has 2 unspecified atom stereocenters. The molecule has 6 nitrogen and oxygen atoms in total. The fourth-order valence-corrected chi connectivity index (χ4v) is 2.56. The van der Waals surface area contributed by atoms with Gasteiger partial charge in [-0.2, -0.15) is 0 Å². The molecule has 1 saturated heterocycles. The lowest BCUT2D eigenvalue weighted by atomic mass is 9.97. The molecule has 0 amide bonds. The van der Waals surface area contributed by atoms with Crippen LogP contribution in [0.1, 0.15) is 39.0 Å². The van der Waals surface area contributed by atoms with Crippen molar-refractivity contribution in [3.63, 3.8) is 0 Å². The van der Waals surface area contributed by atoms with E-state index in [1.165, 1.54) is 0 Å². The zero-order valence-corrected chi connectivity index (χ0v) is 13.1. The van der Waals surface area contributed by atoms with E-state index in [0.717, 1.165) is 13.0 Å². The predicted molar refractivity (Wildman–Crippen MR) is 76.4 cm³/mol. The van der Waals surface area contributed by atoms with E-state index in [9.17, 15) is 5.11 Å². The molecule has 6 heteroatoms. The Morgan fingerprint density at radius 2 is 2.05 bits per heavy atom. The molecule has 0 spiro atoms. The van der Waals surface area contributed by atoms with Gasteiger partial charge >= 0.3 is 0 Å². The number of rotatable bonds is 4. The average Bonchev–Trinajstić information content (AvgIpc) is 2.85. The van der Waals surface area contributed by atoms with Gasteiger partial charge in [-0.25, -0.2) is 0 Å². The summed E-state index contributed by atoms with van der Waals surface area (Å²) in [4.78, 5) is 4.37. The number of aromatic nitrogens is 2. The number of aliphatic hydroxyl groups excluding tert-OH is 1. The quantitative estimate of drug-likeness (QED) is 0.884. The van der Waals surface area contributed by atoms with Gasteiger partial charge in [-0.3, -0.25) is 4.90 Å². The van der Waals surface area contributed by atoms with Crippen LogP contribution in [0.3, 0.4) is 0 Å². The van der Waals surface area contributed by atoms with E-state index in [1.54, 1.807) is 0 Å². The topological polar surface area (TPSA) is 65.6 Å². The Morgan fingerprint density at radius 1 is 1.35 bits per heavy atom. The van der Waals surface area contributed by atoms with E-state index in [0.29, 0.717) is 30.9 Å². The Kier molecular flexibility index (Phi) is 4.46. The van der Waals surface area contributed by atoms with Gasteiger partial charge in [0.25, 0.3) is 0 Å². The summed E-state index contributed by atoms with van der Waals surface area (Å²) in [6.07, 6.45) is 0.545. The van der Waals surface area contributed by atoms with Crippen molar-refractivity contribution in [1.82, 2.24) is 20.0 Å². The number of likely N-dealkylation sites (tertiary alicyclic amines) is 1. The van der Waals surface area contributed by atoms with Crippen LogP contribution in [0.2, 0.25) is 0 Å². The van der Waals surface area contributed by atoms with Crippen molar-refractivity contribution < 1.29 is 9.52 Å². The first-order chi connectivity index (χ1) is 9.25. The van der Waals surface area contributed by atoms with Crippen molar-refractivity contribution in [2.24, 2.45) is 0 Å². The molecule has 1 aromatic rings. The van der Waals surface area contributed by atoms with Crippen molar-refractivity contribution >= 4 is 0 Å². The summed E-state index contributed by atoms with van der Waals surface area (Å²) >= 11 is 0. The number of likely N-dealkylation sites (N-methyl/N-ethyl adjacent to an activating group) is 1. The molecular weight excluding hydrogens is 256 g/mol. The fourth-order valence-electron chi connectivity index (χ4n) is 2.56. The van der Waals surface area contributed by atoms with E-state index in [2.05, 4.69) is 40.8 Å². The third-order valence-corrected chi connectivity index (χ3v) is 3.53. The second kappa shape index (κ2) is 5.79. The highest BCUT2D eigenvalue weighted by molar-refractivity contribution is 4.97. The van der Waals surface area contributed by atoms with E-state index in [-0.39, 0.29) is 11.5 Å². The number of hydrogen-bond acceptors (Lipinski definition) is 6. The number of β-amino-alcohol motifs (C(OH)–C–C–N with tert-alkyl or cyclic N) is 1. The van der Waals surface area contributed by atoms with Gasteiger partial charge in [-0.1, -0.05) is 20.8 Å². The second-order valence-electron chi connectivity index (χ2n) is 6.99. The van der Waals surface area contributed by atoms with Crippen LogP contribution in [0.4, 0.5) is 0 Å². The minimum absolute atomic E-state index is 0.126. The molecule has 0 bridgehead atoms. The van der Waals surface area contributed by atoms with Gasteiger partial charge in [0.15, 0.2) is 0 Å². The molecule has 1 aliphatic rings. The van der Waals surface area contributed by atoms with Gasteiger partial charge in [0.1, 0.15) is 0 Å². The summed E-state index contributed by atoms with van der Waals surface area (Å²) in [5, 5.41) is 18.1. The van der Waals surface area contributed by atoms with Crippen molar-refractivity contribution in [1.29, 1.82) is 0 Å². The molecule has 2 atom stereocenters. The zero-order valence-electron chi connectivity index (χ0n) is 13.1. The highest BCUT2D eigenvalue weighted by Gasteiger charge is 2.32. The van der Waals surface area contributed by atoms with Crippen LogP contribution in [0.15, 0.2) is 4.42 Å². The minimum atomic E-state index is -0.259. The van der Waals surface area contributed by atoms with Crippen molar-refractivity contribution in [2.75, 3.05) is 27.2 Å². The van der Waals surface area contributed by atoms with Crippen LogP contribution in [0.25, 0.3) is 0 Å². The molecule has 1 aromatic heterocycles. The van der Waals surface area contributed by atoms with Crippen LogP contribution in [0.5, 0.6) is 0 Å². The lowest BCUT2D eigenvalue weighted by Crippen LogP contribution is -2.37. The zero-order chi connectivity index (χ0) is 14.9. The SMILES string of the molecule is CN(C)CC1CC(O)CN1Cc1nnc(C(C)(C)C)o1. The van der Waals surface area contributed by atoms with Crippen LogP contribution >= 0.6 is 0 Å². The smallest absolute Gasteiger partial charge is 0.230 e. The van der Waals surface area contributed by atoms with Crippen molar-refractivity contribution in [3.8, 4) is 0 Å². The summed E-state index contributed by atoms with van der Waals surface area (Å²) < 4.78 is 5.74. The molecule has 2 heterocycles. The maximum Gasteiger partial charge on any atom is 0.230 e. The first-order valence-electron chi connectivity index (χ1n) is 7.15. The normalized spacial score (nSPS) is 24.8. The number of hydrogen-bond donors (Lipinski definition) is 1. The van der Waals surface area contributed by atoms with E-state index in [1.807, 2.05) is 14.1 Å². The van der Waals surface area contributed by atoms with E-state index < -0.39 is 0 Å². The molecule has 0 saturated carbocycles. The van der Waals surface area contributed by atoms with E-state index in [4.69, 9.17) is 4.42 Å². The Bertz CT molecular complexity index is 439. The molecule has 20 heavy (non-hydrogen) atoms. The Hall–Kier alpha value is -0.980. The second-order valence-corrected chi connectivity index (χ2v) is 6.99. The third-order valence-electron chi connectivity index (χ3n) is 3.53. The Labute approximate surface area is 120 Å². The lowest BCUT2D eigenvalue weighted by molar-refractivity contribution is 0.160. The molecule has 1 aliphatic heterocycles. The summed E-state index contributed by atoms with van der Waals surface area (Å²) in [6.45, 7) is 8.37. The van der Waals surface area contributed by atoms with Gasteiger partial charge in [0.05, 0.1) is 12.6 Å². The highest BCUT2D eigenvalue weighted by Crippen LogP contribution is 2.23. The maximum absolute atomic E-state index is 9.87. The standard InChI is InChI=1S/C14H26N4O2/c1-14(2,3)13-16-15-12(20-13)9-18-8-11(19)6-10(18)7-17(4)5/h10-11,19H,6-9H2,1-5H3. The minimum Gasteiger partial charge on any atom is -0.423 e. The molecular formula is C14H26N4O2. The Morgan fingerprint density at radius 3 is 2.60 bits per heavy atom. The Balaban J connectivity index is 2.02. The van der Waals surface area contributed by atoms with Gasteiger partial charge < -0.3 is 14.4 Å². The van der Waals surface area contributed by atoms with Crippen molar-refractivity contribution in [2.45, 2.75) is 51.3 Å². The first kappa shape index (κ1) is 15.4. The molecule has 0 aliphatic carbocycles. The molecule has 1 N–H and O–H groups in total. The maximum atomic E-state index is 9.87. The van der Waals surface area contributed by atoms with E-state index >= 15 is 0 Å². The summed E-state index contributed by atoms with van der Waals surface area (Å²) in [6, 6.07) is 0.338. The van der Waals surface area contributed by atoms with Crippen LogP contribution in [-0.2, 0) is 12.0 Å². The molecule has 0 radical (unpaired) electrons. The monoisotopic (exact) mass is 282 g/mol. The molecule has 114 valence electrons.